The zero-order chi connectivity index (χ0) is 12.1. The summed E-state index contributed by atoms with van der Waals surface area (Å²) >= 11 is 7.27. The molecule has 0 aliphatic rings. The molecule has 0 saturated carbocycles. The fourth-order valence-electron chi connectivity index (χ4n) is 1.17. The van der Waals surface area contributed by atoms with Crippen LogP contribution in [0.25, 0.3) is 0 Å². The van der Waals surface area contributed by atoms with Crippen LogP contribution in [0.1, 0.15) is 10.4 Å². The quantitative estimate of drug-likeness (QED) is 0.491. The monoisotopic (exact) mass is 261 g/mol. The number of anilines is 1. The second kappa shape index (κ2) is 5.98. The first-order chi connectivity index (χ1) is 7.60. The molecule has 3 N–H and O–H groups in total. The Balaban J connectivity index is 3.15. The number of aliphatic hydroxyl groups excluding tert-OH is 1. The minimum Gasteiger partial charge on any atom is -0.465 e. The molecule has 0 aromatic heterocycles. The molecular formula is C10H12ClNO3S. The highest BCUT2D eigenvalue weighted by molar-refractivity contribution is 7.99. The van der Waals surface area contributed by atoms with Gasteiger partial charge in [0.05, 0.1) is 24.3 Å². The number of nitrogens with two attached hydrogens (primary N) is 1. The number of ether oxygens (including phenoxy) is 1. The van der Waals surface area contributed by atoms with E-state index in [4.69, 9.17) is 22.4 Å². The number of aliphatic hydroxyl groups is 1. The number of esters is 1. The number of benzene rings is 1. The topological polar surface area (TPSA) is 72.5 Å². The fraction of sp³-hybridized carbons (Fsp3) is 0.300. The summed E-state index contributed by atoms with van der Waals surface area (Å²) in [6.07, 6.45) is 0. The minimum absolute atomic E-state index is 0.00594. The summed E-state index contributed by atoms with van der Waals surface area (Å²) in [6.45, 7) is 0.00594. The summed E-state index contributed by atoms with van der Waals surface area (Å²) in [6, 6.07) is 3.07. The summed E-state index contributed by atoms with van der Waals surface area (Å²) in [4.78, 5) is 12.1. The van der Waals surface area contributed by atoms with Gasteiger partial charge in [0, 0.05) is 16.3 Å². The van der Waals surface area contributed by atoms with Crippen molar-refractivity contribution in [3.8, 4) is 0 Å². The van der Waals surface area contributed by atoms with Crippen LogP contribution in [0.15, 0.2) is 17.0 Å². The summed E-state index contributed by atoms with van der Waals surface area (Å²) in [5, 5.41) is 9.14. The van der Waals surface area contributed by atoms with E-state index in [9.17, 15) is 4.79 Å². The lowest BCUT2D eigenvalue weighted by Gasteiger charge is -2.10. The van der Waals surface area contributed by atoms with Gasteiger partial charge in [-0.05, 0) is 12.1 Å². The molecule has 16 heavy (non-hydrogen) atoms. The van der Waals surface area contributed by atoms with Crippen LogP contribution in [0, 0.1) is 0 Å². The Hall–Kier alpha value is -0.910. The molecule has 1 rings (SSSR count). The Bertz CT molecular complexity index is 398. The highest BCUT2D eigenvalue weighted by atomic mass is 35.5. The van der Waals surface area contributed by atoms with Gasteiger partial charge >= 0.3 is 5.97 Å². The first kappa shape index (κ1) is 13.2. The number of thioether (sulfide) groups is 1. The lowest BCUT2D eigenvalue weighted by Crippen LogP contribution is -2.05. The van der Waals surface area contributed by atoms with Crippen molar-refractivity contribution in [2.45, 2.75) is 4.90 Å². The van der Waals surface area contributed by atoms with Crippen molar-refractivity contribution in [2.24, 2.45) is 0 Å². The number of carbonyl (C=O) groups is 1. The maximum atomic E-state index is 11.5. The van der Waals surface area contributed by atoms with E-state index in [1.165, 1.54) is 24.9 Å². The molecule has 88 valence electrons. The molecule has 0 saturated heterocycles. The van der Waals surface area contributed by atoms with Crippen molar-refractivity contribution in [1.82, 2.24) is 0 Å². The van der Waals surface area contributed by atoms with Crippen LogP contribution in [0.5, 0.6) is 0 Å². The van der Waals surface area contributed by atoms with Crippen LogP contribution in [0.3, 0.4) is 0 Å². The third kappa shape index (κ3) is 3.04. The molecule has 4 nitrogen and oxygen atoms in total. The second-order valence-corrected chi connectivity index (χ2v) is 4.46. The third-order valence-corrected chi connectivity index (χ3v) is 3.33. The van der Waals surface area contributed by atoms with Gasteiger partial charge in [0.1, 0.15) is 0 Å². The predicted molar refractivity (Wildman–Crippen MR) is 65.0 cm³/mol. The molecule has 1 aromatic rings. The van der Waals surface area contributed by atoms with Crippen LogP contribution in [-0.4, -0.2) is 30.5 Å². The number of rotatable bonds is 4. The van der Waals surface area contributed by atoms with Crippen LogP contribution < -0.4 is 5.73 Å². The predicted octanol–water partition coefficient (Wildman–Crippen LogP) is 1.79. The highest BCUT2D eigenvalue weighted by Gasteiger charge is 2.16. The fourth-order valence-corrected chi connectivity index (χ4v) is 2.35. The molecule has 0 heterocycles. The zero-order valence-electron chi connectivity index (χ0n) is 8.70. The van der Waals surface area contributed by atoms with Gasteiger partial charge in [0.15, 0.2) is 0 Å². The van der Waals surface area contributed by atoms with Gasteiger partial charge in [0.25, 0.3) is 0 Å². The smallest absolute Gasteiger partial charge is 0.339 e. The largest absolute Gasteiger partial charge is 0.465 e. The first-order valence-corrected chi connectivity index (χ1v) is 5.87. The average Bonchev–Trinajstić information content (AvgIpc) is 2.26. The molecule has 1 aromatic carbocycles. The molecule has 0 aliphatic carbocycles. The Kier molecular flexibility index (Phi) is 4.92. The number of carbonyl (C=O) groups excluding carboxylic acids is 1. The number of methoxy groups -OCH3 is 1. The first-order valence-electron chi connectivity index (χ1n) is 4.51. The number of hydrogen-bond acceptors (Lipinski definition) is 5. The van der Waals surface area contributed by atoms with E-state index in [2.05, 4.69) is 4.74 Å². The Morgan fingerprint density at radius 3 is 2.88 bits per heavy atom. The maximum Gasteiger partial charge on any atom is 0.339 e. The molecule has 0 spiro atoms. The molecule has 0 unspecified atom stereocenters. The van der Waals surface area contributed by atoms with Crippen molar-refractivity contribution in [1.29, 1.82) is 0 Å². The Morgan fingerprint density at radius 1 is 1.62 bits per heavy atom. The van der Waals surface area contributed by atoms with Gasteiger partial charge in [-0.1, -0.05) is 11.6 Å². The van der Waals surface area contributed by atoms with Gasteiger partial charge in [-0.15, -0.1) is 11.8 Å². The van der Waals surface area contributed by atoms with Crippen molar-refractivity contribution in [3.05, 3.63) is 22.7 Å². The summed E-state index contributed by atoms with van der Waals surface area (Å²) in [5.41, 5.74) is 6.33. The average molecular weight is 262 g/mol. The van der Waals surface area contributed by atoms with E-state index in [-0.39, 0.29) is 6.61 Å². The summed E-state index contributed by atoms with van der Waals surface area (Å²) in [5.74, 6) is -0.0391. The lowest BCUT2D eigenvalue weighted by molar-refractivity contribution is 0.0597. The van der Waals surface area contributed by atoms with Crippen molar-refractivity contribution < 1.29 is 14.6 Å². The maximum absolute atomic E-state index is 11.5. The van der Waals surface area contributed by atoms with E-state index < -0.39 is 5.97 Å². The molecular weight excluding hydrogens is 250 g/mol. The van der Waals surface area contributed by atoms with E-state index in [0.29, 0.717) is 26.9 Å². The van der Waals surface area contributed by atoms with Crippen molar-refractivity contribution >= 4 is 35.0 Å². The molecule has 0 bridgehead atoms. The van der Waals surface area contributed by atoms with Crippen molar-refractivity contribution in [3.63, 3.8) is 0 Å². The zero-order valence-corrected chi connectivity index (χ0v) is 10.3. The van der Waals surface area contributed by atoms with Crippen LogP contribution in [-0.2, 0) is 4.74 Å². The number of nitrogen functional groups attached to an aromatic ring is 1. The molecule has 0 aliphatic heterocycles. The number of hydrogen-bond donors (Lipinski definition) is 2. The van der Waals surface area contributed by atoms with E-state index in [0.717, 1.165) is 0 Å². The van der Waals surface area contributed by atoms with Gasteiger partial charge in [0.2, 0.25) is 0 Å². The van der Waals surface area contributed by atoms with E-state index in [1.54, 1.807) is 6.07 Å². The van der Waals surface area contributed by atoms with E-state index >= 15 is 0 Å². The standard InChI is InChI=1S/C10H12ClNO3S/c1-15-10(14)7-4-6(12)5-8(11)9(7)16-3-2-13/h4-5,13H,2-3,12H2,1H3. The van der Waals surface area contributed by atoms with E-state index in [1.807, 2.05) is 0 Å². The summed E-state index contributed by atoms with van der Waals surface area (Å²) < 4.78 is 4.64. The molecule has 0 atom stereocenters. The number of halogens is 1. The van der Waals surface area contributed by atoms with Crippen LogP contribution >= 0.6 is 23.4 Å². The SMILES string of the molecule is COC(=O)c1cc(N)cc(Cl)c1SCCO. The Morgan fingerprint density at radius 2 is 2.31 bits per heavy atom. The van der Waals surface area contributed by atoms with Gasteiger partial charge < -0.3 is 15.6 Å². The molecule has 0 amide bonds. The minimum atomic E-state index is -0.491. The van der Waals surface area contributed by atoms with Gasteiger partial charge in [-0.25, -0.2) is 4.79 Å². The van der Waals surface area contributed by atoms with Crippen LogP contribution in [0.2, 0.25) is 5.02 Å². The van der Waals surface area contributed by atoms with Gasteiger partial charge in [-0.2, -0.15) is 0 Å². The molecule has 0 radical (unpaired) electrons. The summed E-state index contributed by atoms with van der Waals surface area (Å²) in [7, 11) is 1.29. The Labute approximate surface area is 103 Å². The molecule has 6 heteroatoms. The van der Waals surface area contributed by atoms with Crippen molar-refractivity contribution in [2.75, 3.05) is 25.2 Å². The third-order valence-electron chi connectivity index (χ3n) is 1.81. The highest BCUT2D eigenvalue weighted by Crippen LogP contribution is 2.33. The normalized spacial score (nSPS) is 10.2. The molecule has 0 fully saturated rings. The van der Waals surface area contributed by atoms with Crippen LogP contribution in [0.4, 0.5) is 5.69 Å². The van der Waals surface area contributed by atoms with Gasteiger partial charge in [-0.3, -0.25) is 0 Å². The second-order valence-electron chi connectivity index (χ2n) is 2.94. The lowest BCUT2D eigenvalue weighted by atomic mass is 10.2.